The largest absolute Gasteiger partial charge is 0.492 e. The van der Waals surface area contributed by atoms with Gasteiger partial charge in [0.1, 0.15) is 23.2 Å². The van der Waals surface area contributed by atoms with Gasteiger partial charge in [-0.1, -0.05) is 23.8 Å². The van der Waals surface area contributed by atoms with Gasteiger partial charge in [0.05, 0.1) is 12.3 Å². The zero-order valence-corrected chi connectivity index (χ0v) is 15.7. The number of allylic oxidation sites excluding steroid dienone is 1. The molecule has 138 valence electrons. The maximum atomic E-state index is 5.67. The molecule has 1 heterocycles. The molecule has 0 aliphatic heterocycles. The van der Waals surface area contributed by atoms with Crippen LogP contribution >= 0.6 is 0 Å². The standard InChI is InChI=1S/C21H28N4O/c1-3-26-19-12-8-7-11-18(19)25-21-15-20(23-16(2)24-21)22-14-13-17-9-5-4-6-10-17/h7-9,11-12,15H,3-6,10,13-14H2,1-2H3,(H2,22,23,24,25). The molecule has 5 nitrogen and oxygen atoms in total. The maximum absolute atomic E-state index is 5.67. The molecule has 1 aromatic heterocycles. The van der Waals surface area contributed by atoms with Crippen molar-refractivity contribution in [2.45, 2.75) is 46.0 Å². The lowest BCUT2D eigenvalue weighted by atomic mass is 9.97. The summed E-state index contributed by atoms with van der Waals surface area (Å²) in [6.45, 7) is 5.42. The number of hydrogen-bond donors (Lipinski definition) is 2. The Hall–Kier alpha value is -2.56. The van der Waals surface area contributed by atoms with E-state index in [2.05, 4.69) is 26.7 Å². The molecule has 26 heavy (non-hydrogen) atoms. The molecule has 1 aliphatic carbocycles. The van der Waals surface area contributed by atoms with Gasteiger partial charge in [0, 0.05) is 12.6 Å². The van der Waals surface area contributed by atoms with Gasteiger partial charge in [0.2, 0.25) is 0 Å². The normalized spacial score (nSPS) is 13.8. The summed E-state index contributed by atoms with van der Waals surface area (Å²) in [5.74, 6) is 3.18. The summed E-state index contributed by atoms with van der Waals surface area (Å²) in [6, 6.07) is 9.84. The first kappa shape index (κ1) is 18.2. The van der Waals surface area contributed by atoms with Crippen molar-refractivity contribution in [1.29, 1.82) is 0 Å². The number of aromatic nitrogens is 2. The lowest BCUT2D eigenvalue weighted by molar-refractivity contribution is 0.342. The van der Waals surface area contributed by atoms with E-state index in [0.29, 0.717) is 6.61 Å². The molecular formula is C21H28N4O. The van der Waals surface area contributed by atoms with E-state index in [1.54, 1.807) is 5.57 Å². The van der Waals surface area contributed by atoms with E-state index in [9.17, 15) is 0 Å². The van der Waals surface area contributed by atoms with Crippen LogP contribution in [0.25, 0.3) is 0 Å². The average Bonchev–Trinajstić information content (AvgIpc) is 2.64. The zero-order valence-electron chi connectivity index (χ0n) is 15.7. The number of nitrogens with zero attached hydrogens (tertiary/aromatic N) is 2. The third kappa shape index (κ3) is 5.22. The molecule has 0 bridgehead atoms. The SMILES string of the molecule is CCOc1ccccc1Nc1cc(NCCC2=CCCCC2)nc(C)n1. The second-order valence-corrected chi connectivity index (χ2v) is 6.52. The van der Waals surface area contributed by atoms with Crippen molar-refractivity contribution in [2.24, 2.45) is 0 Å². The van der Waals surface area contributed by atoms with Gasteiger partial charge in [-0.3, -0.25) is 0 Å². The number of aryl methyl sites for hydroxylation is 1. The lowest BCUT2D eigenvalue weighted by Crippen LogP contribution is -2.08. The van der Waals surface area contributed by atoms with Crippen LogP contribution in [0.4, 0.5) is 17.3 Å². The molecule has 0 amide bonds. The Morgan fingerprint density at radius 1 is 1.12 bits per heavy atom. The summed E-state index contributed by atoms with van der Waals surface area (Å²) >= 11 is 0. The van der Waals surface area contributed by atoms with Gasteiger partial charge >= 0.3 is 0 Å². The smallest absolute Gasteiger partial charge is 0.142 e. The Kier molecular flexibility index (Phi) is 6.47. The van der Waals surface area contributed by atoms with Crippen LogP contribution in [-0.2, 0) is 0 Å². The number of para-hydroxylation sites is 2. The summed E-state index contributed by atoms with van der Waals surface area (Å²) in [5.41, 5.74) is 2.48. The predicted molar refractivity (Wildman–Crippen MR) is 107 cm³/mol. The molecular weight excluding hydrogens is 324 g/mol. The Labute approximate surface area is 155 Å². The molecule has 0 fully saturated rings. The highest BCUT2D eigenvalue weighted by Crippen LogP contribution is 2.27. The van der Waals surface area contributed by atoms with Gasteiger partial charge in [-0.2, -0.15) is 0 Å². The molecule has 3 rings (SSSR count). The van der Waals surface area contributed by atoms with Crippen molar-refractivity contribution >= 4 is 17.3 Å². The van der Waals surface area contributed by atoms with E-state index in [0.717, 1.165) is 41.9 Å². The molecule has 0 spiro atoms. The second-order valence-electron chi connectivity index (χ2n) is 6.52. The van der Waals surface area contributed by atoms with Gasteiger partial charge in [0.25, 0.3) is 0 Å². The summed E-state index contributed by atoms with van der Waals surface area (Å²) in [5, 5.41) is 6.79. The fourth-order valence-corrected chi connectivity index (χ4v) is 3.19. The van der Waals surface area contributed by atoms with Crippen LogP contribution in [0.3, 0.4) is 0 Å². The summed E-state index contributed by atoms with van der Waals surface area (Å²) in [4.78, 5) is 9.00. The van der Waals surface area contributed by atoms with Crippen molar-refractivity contribution in [3.63, 3.8) is 0 Å². The minimum Gasteiger partial charge on any atom is -0.492 e. The molecule has 2 N–H and O–H groups in total. The molecule has 2 aromatic rings. The Balaban J connectivity index is 1.65. The topological polar surface area (TPSA) is 59.1 Å². The van der Waals surface area contributed by atoms with Crippen LogP contribution in [0, 0.1) is 6.92 Å². The second kappa shape index (κ2) is 9.22. The van der Waals surface area contributed by atoms with Gasteiger partial charge in [0.15, 0.2) is 0 Å². The van der Waals surface area contributed by atoms with E-state index < -0.39 is 0 Å². The van der Waals surface area contributed by atoms with E-state index in [-0.39, 0.29) is 0 Å². The molecule has 0 atom stereocenters. The quantitative estimate of drug-likeness (QED) is 0.637. The molecule has 0 saturated carbocycles. The van der Waals surface area contributed by atoms with Crippen molar-refractivity contribution in [3.05, 3.63) is 47.8 Å². The van der Waals surface area contributed by atoms with Gasteiger partial charge in [-0.15, -0.1) is 0 Å². The summed E-state index contributed by atoms with van der Waals surface area (Å²) in [6.07, 6.45) is 8.61. The molecule has 1 aliphatic rings. The number of anilines is 3. The van der Waals surface area contributed by atoms with Gasteiger partial charge < -0.3 is 15.4 Å². The molecule has 0 radical (unpaired) electrons. The first-order valence-corrected chi connectivity index (χ1v) is 9.51. The average molecular weight is 352 g/mol. The third-order valence-electron chi connectivity index (χ3n) is 4.42. The van der Waals surface area contributed by atoms with Crippen molar-refractivity contribution in [2.75, 3.05) is 23.8 Å². The Morgan fingerprint density at radius 3 is 2.77 bits per heavy atom. The summed E-state index contributed by atoms with van der Waals surface area (Å²) in [7, 11) is 0. The number of hydrogen-bond acceptors (Lipinski definition) is 5. The van der Waals surface area contributed by atoms with E-state index in [4.69, 9.17) is 4.74 Å². The minimum absolute atomic E-state index is 0.629. The highest BCUT2D eigenvalue weighted by molar-refractivity contribution is 5.65. The third-order valence-corrected chi connectivity index (χ3v) is 4.42. The van der Waals surface area contributed by atoms with Gasteiger partial charge in [-0.25, -0.2) is 9.97 Å². The van der Waals surface area contributed by atoms with Crippen molar-refractivity contribution in [3.8, 4) is 5.75 Å². The minimum atomic E-state index is 0.629. The highest BCUT2D eigenvalue weighted by Gasteiger charge is 2.07. The lowest BCUT2D eigenvalue weighted by Gasteiger charge is -2.15. The number of ether oxygens (including phenoxy) is 1. The predicted octanol–water partition coefficient (Wildman–Crippen LogP) is 5.23. The fourth-order valence-electron chi connectivity index (χ4n) is 3.19. The molecule has 1 aromatic carbocycles. The monoisotopic (exact) mass is 352 g/mol. The molecule has 0 unspecified atom stereocenters. The maximum Gasteiger partial charge on any atom is 0.142 e. The number of rotatable bonds is 8. The van der Waals surface area contributed by atoms with E-state index in [1.165, 1.54) is 25.7 Å². The van der Waals surface area contributed by atoms with Crippen LogP contribution in [0.15, 0.2) is 42.0 Å². The number of nitrogens with one attached hydrogen (secondary N) is 2. The fraction of sp³-hybridized carbons (Fsp3) is 0.429. The van der Waals surface area contributed by atoms with Crippen molar-refractivity contribution < 1.29 is 4.74 Å². The molecule has 5 heteroatoms. The molecule has 0 saturated heterocycles. The first-order chi connectivity index (χ1) is 12.7. The van der Waals surface area contributed by atoms with E-state index >= 15 is 0 Å². The van der Waals surface area contributed by atoms with Crippen LogP contribution in [-0.4, -0.2) is 23.1 Å². The van der Waals surface area contributed by atoms with E-state index in [1.807, 2.05) is 44.2 Å². The number of benzene rings is 1. The van der Waals surface area contributed by atoms with Crippen LogP contribution in [0.2, 0.25) is 0 Å². The highest BCUT2D eigenvalue weighted by atomic mass is 16.5. The van der Waals surface area contributed by atoms with Crippen LogP contribution in [0.5, 0.6) is 5.75 Å². The zero-order chi connectivity index (χ0) is 18.2. The Bertz CT molecular complexity index is 757. The first-order valence-electron chi connectivity index (χ1n) is 9.51. The van der Waals surface area contributed by atoms with Crippen LogP contribution in [0.1, 0.15) is 44.9 Å². The van der Waals surface area contributed by atoms with Gasteiger partial charge in [-0.05, 0) is 58.1 Å². The van der Waals surface area contributed by atoms with Crippen LogP contribution < -0.4 is 15.4 Å². The summed E-state index contributed by atoms with van der Waals surface area (Å²) < 4.78 is 5.67. The Morgan fingerprint density at radius 2 is 1.96 bits per heavy atom. The van der Waals surface area contributed by atoms with Crippen molar-refractivity contribution in [1.82, 2.24) is 9.97 Å².